The maximum atomic E-state index is 6.63. The first-order valence-electron chi connectivity index (χ1n) is 13.3. The van der Waals surface area contributed by atoms with E-state index in [2.05, 4.69) is 58.0 Å². The third-order valence-electron chi connectivity index (χ3n) is 7.22. The normalized spacial score (nSPS) is 15.1. The van der Waals surface area contributed by atoms with Crippen molar-refractivity contribution >= 4 is 22.4 Å². The van der Waals surface area contributed by atoms with Gasteiger partial charge in [0.05, 0.1) is 13.2 Å². The van der Waals surface area contributed by atoms with Gasteiger partial charge in [-0.1, -0.05) is 108 Å². The van der Waals surface area contributed by atoms with Crippen molar-refractivity contribution in [1.29, 1.82) is 0 Å². The second-order valence-corrected chi connectivity index (χ2v) is 10.1. The third-order valence-corrected chi connectivity index (χ3v) is 7.50. The summed E-state index contributed by atoms with van der Waals surface area (Å²) in [6.07, 6.45) is 13.4. The van der Waals surface area contributed by atoms with Crippen LogP contribution in [0.4, 0.5) is 0 Å². The van der Waals surface area contributed by atoms with Crippen LogP contribution in [0.2, 0.25) is 0 Å². The van der Waals surface area contributed by atoms with Crippen LogP contribution in [0.1, 0.15) is 90.2 Å². The van der Waals surface area contributed by atoms with Crippen molar-refractivity contribution in [2.24, 2.45) is 11.8 Å². The monoisotopic (exact) mass is 470 g/mol. The van der Waals surface area contributed by atoms with Gasteiger partial charge in [0.2, 0.25) is 0 Å². The molecule has 1 aliphatic rings. The molecule has 2 nitrogen and oxygen atoms in total. The Hall–Kier alpha value is -1.67. The number of hydrogen-bond acceptors (Lipinski definition) is 2. The van der Waals surface area contributed by atoms with Gasteiger partial charge in [-0.3, -0.25) is 0 Å². The number of unbranched alkanes of at least 4 members (excludes halogenated alkanes) is 2. The van der Waals surface area contributed by atoms with Crippen LogP contribution in [0.25, 0.3) is 10.8 Å². The van der Waals surface area contributed by atoms with Crippen molar-refractivity contribution in [3.05, 3.63) is 46.5 Å². The van der Waals surface area contributed by atoms with Crippen molar-refractivity contribution in [1.82, 2.24) is 0 Å². The zero-order valence-electron chi connectivity index (χ0n) is 21.2. The van der Waals surface area contributed by atoms with E-state index in [0.29, 0.717) is 11.8 Å². The molecule has 0 spiro atoms. The molecule has 3 rings (SSSR count). The van der Waals surface area contributed by atoms with E-state index in [1.54, 1.807) is 0 Å². The SMILES string of the molecule is CCCCC(CC)COc1c2c(c(OCC(CC)CCCC)c3ccccc13)CC(Cl)=CC2. The third kappa shape index (κ3) is 6.69. The topological polar surface area (TPSA) is 18.5 Å². The van der Waals surface area contributed by atoms with Crippen LogP contribution >= 0.6 is 11.6 Å². The Labute approximate surface area is 206 Å². The molecule has 0 amide bonds. The van der Waals surface area contributed by atoms with Gasteiger partial charge in [-0.05, 0) is 31.1 Å². The summed E-state index contributed by atoms with van der Waals surface area (Å²) < 4.78 is 13.3. The highest BCUT2D eigenvalue weighted by atomic mass is 35.5. The summed E-state index contributed by atoms with van der Waals surface area (Å²) in [5.41, 5.74) is 2.49. The lowest BCUT2D eigenvalue weighted by atomic mass is 9.90. The predicted molar refractivity (Wildman–Crippen MR) is 143 cm³/mol. The van der Waals surface area contributed by atoms with E-state index in [0.717, 1.165) is 60.8 Å². The lowest BCUT2D eigenvalue weighted by molar-refractivity contribution is 0.228. The highest BCUT2D eigenvalue weighted by Crippen LogP contribution is 2.45. The number of ether oxygens (including phenoxy) is 2. The first-order chi connectivity index (χ1) is 16.1. The van der Waals surface area contributed by atoms with E-state index in [1.165, 1.54) is 55.0 Å². The van der Waals surface area contributed by atoms with Crippen LogP contribution < -0.4 is 9.47 Å². The molecule has 2 aromatic carbocycles. The van der Waals surface area contributed by atoms with E-state index in [4.69, 9.17) is 21.1 Å². The van der Waals surface area contributed by atoms with E-state index in [-0.39, 0.29) is 0 Å². The van der Waals surface area contributed by atoms with Gasteiger partial charge < -0.3 is 9.47 Å². The molecular weight excluding hydrogens is 428 g/mol. The Bertz CT molecular complexity index is 917. The molecule has 0 heterocycles. The zero-order chi connectivity index (χ0) is 23.6. The number of rotatable bonds is 14. The molecule has 1 aliphatic carbocycles. The summed E-state index contributed by atoms with van der Waals surface area (Å²) in [6, 6.07) is 8.60. The maximum absolute atomic E-state index is 6.63. The summed E-state index contributed by atoms with van der Waals surface area (Å²) in [4.78, 5) is 0. The van der Waals surface area contributed by atoms with E-state index in [1.807, 2.05) is 0 Å². The Kier molecular flexibility index (Phi) is 10.4. The van der Waals surface area contributed by atoms with Gasteiger partial charge in [-0.25, -0.2) is 0 Å². The van der Waals surface area contributed by atoms with Gasteiger partial charge >= 0.3 is 0 Å². The van der Waals surface area contributed by atoms with Gasteiger partial charge in [-0.15, -0.1) is 0 Å². The number of halogens is 1. The quantitative estimate of drug-likeness (QED) is 0.274. The van der Waals surface area contributed by atoms with Crippen LogP contribution in [0.5, 0.6) is 11.5 Å². The van der Waals surface area contributed by atoms with Gasteiger partial charge in [0.25, 0.3) is 0 Å². The molecule has 182 valence electrons. The maximum Gasteiger partial charge on any atom is 0.131 e. The molecule has 2 unspecified atom stereocenters. The Balaban J connectivity index is 1.96. The summed E-state index contributed by atoms with van der Waals surface area (Å²) >= 11 is 6.55. The molecule has 0 aliphatic heterocycles. The molecule has 0 fully saturated rings. The first kappa shape index (κ1) is 25.9. The Morgan fingerprint density at radius 1 is 0.788 bits per heavy atom. The van der Waals surface area contributed by atoms with Crippen molar-refractivity contribution in [2.45, 2.75) is 91.9 Å². The van der Waals surface area contributed by atoms with Crippen LogP contribution in [0, 0.1) is 11.8 Å². The molecule has 0 bridgehead atoms. The molecule has 0 aromatic heterocycles. The molecule has 0 N–H and O–H groups in total. The number of hydrogen-bond donors (Lipinski definition) is 0. The highest BCUT2D eigenvalue weighted by Gasteiger charge is 2.25. The average Bonchev–Trinajstić information content (AvgIpc) is 2.84. The number of benzene rings is 2. The minimum Gasteiger partial charge on any atom is -0.492 e. The lowest BCUT2D eigenvalue weighted by Gasteiger charge is -2.26. The van der Waals surface area contributed by atoms with Gasteiger partial charge in [0, 0.05) is 33.4 Å². The molecule has 2 atom stereocenters. The first-order valence-corrected chi connectivity index (χ1v) is 13.7. The van der Waals surface area contributed by atoms with Crippen LogP contribution in [-0.4, -0.2) is 13.2 Å². The summed E-state index contributed by atoms with van der Waals surface area (Å²) in [6.45, 7) is 10.6. The predicted octanol–water partition coefficient (Wildman–Crippen LogP) is 9.25. The van der Waals surface area contributed by atoms with Gasteiger partial charge in [0.1, 0.15) is 11.5 Å². The lowest BCUT2D eigenvalue weighted by Crippen LogP contribution is -2.16. The van der Waals surface area contributed by atoms with Crippen molar-refractivity contribution in [2.75, 3.05) is 13.2 Å². The summed E-state index contributed by atoms with van der Waals surface area (Å²) in [5.74, 6) is 3.25. The van der Waals surface area contributed by atoms with E-state index >= 15 is 0 Å². The molecule has 33 heavy (non-hydrogen) atoms. The fourth-order valence-electron chi connectivity index (χ4n) is 4.86. The molecule has 0 radical (unpaired) electrons. The second-order valence-electron chi connectivity index (χ2n) is 9.65. The van der Waals surface area contributed by atoms with E-state index in [9.17, 15) is 0 Å². The van der Waals surface area contributed by atoms with Gasteiger partial charge in [-0.2, -0.15) is 0 Å². The van der Waals surface area contributed by atoms with Gasteiger partial charge in [0.15, 0.2) is 0 Å². The molecule has 0 saturated heterocycles. The zero-order valence-corrected chi connectivity index (χ0v) is 22.0. The highest BCUT2D eigenvalue weighted by molar-refractivity contribution is 6.30. The summed E-state index contributed by atoms with van der Waals surface area (Å²) in [5, 5.41) is 3.23. The Morgan fingerprint density at radius 3 is 1.79 bits per heavy atom. The fourth-order valence-corrected chi connectivity index (χ4v) is 5.07. The minimum absolute atomic E-state index is 0.591. The van der Waals surface area contributed by atoms with Crippen molar-refractivity contribution in [3.8, 4) is 11.5 Å². The standard InChI is InChI=1S/C30H43ClO2/c1-5-9-13-22(7-3)20-32-29-25-15-11-12-16-26(25)30(28-19-24(31)17-18-27(28)29)33-21-23(8-4)14-10-6-2/h11-12,15-17,22-23H,5-10,13-14,18-21H2,1-4H3. The minimum atomic E-state index is 0.591. The average molecular weight is 471 g/mol. The van der Waals surface area contributed by atoms with Crippen molar-refractivity contribution in [3.63, 3.8) is 0 Å². The molecule has 3 heteroatoms. The van der Waals surface area contributed by atoms with Crippen LogP contribution in [0.15, 0.2) is 35.4 Å². The molecule has 2 aromatic rings. The van der Waals surface area contributed by atoms with Crippen molar-refractivity contribution < 1.29 is 9.47 Å². The molecule has 0 saturated carbocycles. The second kappa shape index (κ2) is 13.3. The number of fused-ring (bicyclic) bond motifs is 2. The smallest absolute Gasteiger partial charge is 0.131 e. The summed E-state index contributed by atoms with van der Waals surface area (Å²) in [7, 11) is 0. The van der Waals surface area contributed by atoms with Crippen LogP contribution in [0.3, 0.4) is 0 Å². The Morgan fingerprint density at radius 2 is 1.30 bits per heavy atom. The van der Waals surface area contributed by atoms with E-state index < -0.39 is 0 Å². The fraction of sp³-hybridized carbons (Fsp3) is 0.600. The molecular formula is C30H43ClO2. The number of allylic oxidation sites excluding steroid dienone is 2. The largest absolute Gasteiger partial charge is 0.492 e. The van der Waals surface area contributed by atoms with Crippen LogP contribution in [-0.2, 0) is 12.8 Å².